The molecule has 3 atom stereocenters. The van der Waals surface area contributed by atoms with Gasteiger partial charge in [0.25, 0.3) is 0 Å². The minimum absolute atomic E-state index is 0.367. The van der Waals surface area contributed by atoms with Crippen molar-refractivity contribution in [2.75, 3.05) is 13.1 Å². The fourth-order valence-corrected chi connectivity index (χ4v) is 4.24. The molecule has 0 spiro atoms. The van der Waals surface area contributed by atoms with Crippen molar-refractivity contribution < 1.29 is 0 Å². The summed E-state index contributed by atoms with van der Waals surface area (Å²) < 4.78 is 0. The smallest absolute Gasteiger partial charge is 0.0153 e. The first-order valence-corrected chi connectivity index (χ1v) is 8.40. The van der Waals surface area contributed by atoms with Crippen molar-refractivity contribution >= 4 is 0 Å². The molecule has 2 nitrogen and oxygen atoms in total. The molecule has 1 heterocycles. The standard InChI is InChI=1S/C17H34N2/c1-5-6-7-8-9-10-16(2,3)19-12-14-15(18)11-17(14,4)13-19/h14-15H,5-13,18H2,1-4H3/t14-,15?,17-/m1/s1. The Bertz CT molecular complexity index is 300. The highest BCUT2D eigenvalue weighted by Gasteiger charge is 2.56. The van der Waals surface area contributed by atoms with E-state index in [2.05, 4.69) is 32.6 Å². The first-order valence-electron chi connectivity index (χ1n) is 8.40. The van der Waals surface area contributed by atoms with Crippen LogP contribution in [0.1, 0.15) is 72.6 Å². The van der Waals surface area contributed by atoms with Crippen molar-refractivity contribution in [3.8, 4) is 0 Å². The molecule has 2 fully saturated rings. The van der Waals surface area contributed by atoms with Crippen LogP contribution < -0.4 is 5.73 Å². The van der Waals surface area contributed by atoms with E-state index in [0.717, 1.165) is 5.92 Å². The number of likely N-dealkylation sites (tertiary alicyclic amines) is 1. The van der Waals surface area contributed by atoms with E-state index < -0.39 is 0 Å². The van der Waals surface area contributed by atoms with Gasteiger partial charge in [0.1, 0.15) is 0 Å². The summed E-state index contributed by atoms with van der Waals surface area (Å²) in [6.07, 6.45) is 9.53. The van der Waals surface area contributed by atoms with Crippen LogP contribution in [0, 0.1) is 11.3 Å². The molecule has 2 aliphatic rings. The molecule has 0 aromatic heterocycles. The maximum absolute atomic E-state index is 6.18. The van der Waals surface area contributed by atoms with Gasteiger partial charge in [-0.25, -0.2) is 0 Å². The second-order valence-electron chi connectivity index (χ2n) is 7.99. The predicted molar refractivity (Wildman–Crippen MR) is 83.2 cm³/mol. The van der Waals surface area contributed by atoms with Gasteiger partial charge in [-0.15, -0.1) is 0 Å². The lowest BCUT2D eigenvalue weighted by Gasteiger charge is -2.46. The highest BCUT2D eigenvalue weighted by atomic mass is 15.2. The molecule has 112 valence electrons. The third-order valence-electron chi connectivity index (χ3n) is 5.83. The van der Waals surface area contributed by atoms with Gasteiger partial charge in [0.2, 0.25) is 0 Å². The third kappa shape index (κ3) is 3.16. The van der Waals surface area contributed by atoms with E-state index in [1.165, 1.54) is 58.0 Å². The molecule has 2 rings (SSSR count). The maximum Gasteiger partial charge on any atom is 0.0153 e. The first kappa shape index (κ1) is 15.3. The zero-order chi connectivity index (χ0) is 14.1. The van der Waals surface area contributed by atoms with Crippen LogP contribution in [0.25, 0.3) is 0 Å². The molecule has 1 aliphatic carbocycles. The number of hydrogen-bond donors (Lipinski definition) is 1. The van der Waals surface area contributed by atoms with Crippen molar-refractivity contribution in [1.82, 2.24) is 4.90 Å². The Balaban J connectivity index is 1.77. The van der Waals surface area contributed by atoms with Gasteiger partial charge in [-0.1, -0.05) is 46.0 Å². The molecule has 0 radical (unpaired) electrons. The van der Waals surface area contributed by atoms with Gasteiger partial charge >= 0.3 is 0 Å². The fourth-order valence-electron chi connectivity index (χ4n) is 4.24. The maximum atomic E-state index is 6.18. The average molecular weight is 266 g/mol. The van der Waals surface area contributed by atoms with E-state index in [-0.39, 0.29) is 0 Å². The molecule has 1 unspecified atom stereocenters. The lowest BCUT2D eigenvalue weighted by atomic mass is 9.60. The molecule has 0 bridgehead atoms. The van der Waals surface area contributed by atoms with Crippen molar-refractivity contribution in [2.45, 2.75) is 84.2 Å². The van der Waals surface area contributed by atoms with Crippen LogP contribution in [-0.4, -0.2) is 29.6 Å². The Hall–Kier alpha value is -0.0800. The molecular weight excluding hydrogens is 232 g/mol. The first-order chi connectivity index (χ1) is 8.89. The van der Waals surface area contributed by atoms with Crippen molar-refractivity contribution in [3.05, 3.63) is 0 Å². The summed E-state index contributed by atoms with van der Waals surface area (Å²) in [6, 6.07) is 0.468. The number of nitrogens with two attached hydrogens (primary N) is 1. The highest BCUT2D eigenvalue weighted by molar-refractivity contribution is 5.10. The Morgan fingerprint density at radius 1 is 1.21 bits per heavy atom. The second-order valence-corrected chi connectivity index (χ2v) is 7.99. The van der Waals surface area contributed by atoms with Gasteiger partial charge < -0.3 is 5.73 Å². The molecule has 1 saturated heterocycles. The van der Waals surface area contributed by atoms with Crippen LogP contribution in [-0.2, 0) is 0 Å². The summed E-state index contributed by atoms with van der Waals surface area (Å²) in [6.45, 7) is 12.1. The van der Waals surface area contributed by atoms with Gasteiger partial charge in [-0.3, -0.25) is 4.90 Å². The lowest BCUT2D eigenvalue weighted by molar-refractivity contribution is 0.0724. The Labute approximate surface area is 120 Å². The van der Waals surface area contributed by atoms with E-state index in [4.69, 9.17) is 5.73 Å². The minimum atomic E-state index is 0.367. The molecule has 0 amide bonds. The summed E-state index contributed by atoms with van der Waals surface area (Å²) in [7, 11) is 0. The summed E-state index contributed by atoms with van der Waals surface area (Å²) >= 11 is 0. The van der Waals surface area contributed by atoms with Gasteiger partial charge in [0.15, 0.2) is 0 Å². The van der Waals surface area contributed by atoms with E-state index in [1.807, 2.05) is 0 Å². The minimum Gasteiger partial charge on any atom is -0.327 e. The van der Waals surface area contributed by atoms with E-state index in [9.17, 15) is 0 Å². The van der Waals surface area contributed by atoms with Crippen LogP contribution >= 0.6 is 0 Å². The average Bonchev–Trinajstić information content (AvgIpc) is 2.61. The molecule has 1 saturated carbocycles. The zero-order valence-corrected chi connectivity index (χ0v) is 13.5. The number of nitrogens with zero attached hydrogens (tertiary/aromatic N) is 1. The van der Waals surface area contributed by atoms with Crippen LogP contribution in [0.15, 0.2) is 0 Å². The van der Waals surface area contributed by atoms with Gasteiger partial charge in [-0.05, 0) is 38.0 Å². The summed E-state index contributed by atoms with van der Waals surface area (Å²) in [4.78, 5) is 2.73. The number of hydrogen-bond acceptors (Lipinski definition) is 2. The van der Waals surface area contributed by atoms with Crippen molar-refractivity contribution in [3.63, 3.8) is 0 Å². The van der Waals surface area contributed by atoms with Crippen LogP contribution in [0.2, 0.25) is 0 Å². The normalized spacial score (nSPS) is 35.2. The van der Waals surface area contributed by atoms with Crippen molar-refractivity contribution in [2.24, 2.45) is 17.1 Å². The topological polar surface area (TPSA) is 29.3 Å². The Kier molecular flexibility index (Phi) is 4.62. The summed E-state index contributed by atoms with van der Waals surface area (Å²) in [5.41, 5.74) is 7.08. The molecular formula is C17H34N2. The number of unbranched alkanes of at least 4 members (excludes halogenated alkanes) is 4. The molecule has 0 aromatic carbocycles. The molecule has 2 N–H and O–H groups in total. The fraction of sp³-hybridized carbons (Fsp3) is 1.00. The molecule has 1 aliphatic heterocycles. The molecule has 19 heavy (non-hydrogen) atoms. The van der Waals surface area contributed by atoms with Crippen LogP contribution in [0.5, 0.6) is 0 Å². The van der Waals surface area contributed by atoms with Gasteiger partial charge in [-0.2, -0.15) is 0 Å². The van der Waals surface area contributed by atoms with E-state index >= 15 is 0 Å². The number of rotatable bonds is 7. The quantitative estimate of drug-likeness (QED) is 0.710. The lowest BCUT2D eigenvalue weighted by Crippen LogP contribution is -2.53. The third-order valence-corrected chi connectivity index (χ3v) is 5.83. The molecule has 0 aromatic rings. The van der Waals surface area contributed by atoms with Crippen LogP contribution in [0.4, 0.5) is 0 Å². The summed E-state index contributed by atoms with van der Waals surface area (Å²) in [5.74, 6) is 0.756. The zero-order valence-electron chi connectivity index (χ0n) is 13.5. The monoisotopic (exact) mass is 266 g/mol. The van der Waals surface area contributed by atoms with Crippen LogP contribution in [0.3, 0.4) is 0 Å². The van der Waals surface area contributed by atoms with E-state index in [0.29, 0.717) is 17.0 Å². The Morgan fingerprint density at radius 3 is 2.47 bits per heavy atom. The Morgan fingerprint density at radius 2 is 1.89 bits per heavy atom. The predicted octanol–water partition coefficient (Wildman–Crippen LogP) is 3.79. The highest BCUT2D eigenvalue weighted by Crippen LogP contribution is 2.52. The second kappa shape index (κ2) is 5.73. The van der Waals surface area contributed by atoms with E-state index in [1.54, 1.807) is 0 Å². The van der Waals surface area contributed by atoms with Crippen molar-refractivity contribution in [1.29, 1.82) is 0 Å². The molecule has 2 heteroatoms. The summed E-state index contributed by atoms with van der Waals surface area (Å²) in [5, 5.41) is 0. The van der Waals surface area contributed by atoms with Gasteiger partial charge in [0.05, 0.1) is 0 Å². The largest absolute Gasteiger partial charge is 0.327 e. The number of fused-ring (bicyclic) bond motifs is 1. The van der Waals surface area contributed by atoms with Gasteiger partial charge in [0, 0.05) is 24.7 Å². The SMILES string of the molecule is CCCCCCCC(C)(C)N1C[C@@H]2C(N)C[C@]2(C)C1.